The second-order valence-corrected chi connectivity index (χ2v) is 4.83. The van der Waals surface area contributed by atoms with Gasteiger partial charge < -0.3 is 15.3 Å². The van der Waals surface area contributed by atoms with Gasteiger partial charge in [-0.15, -0.1) is 0 Å². The minimum Gasteiger partial charge on any atom is -0.490 e. The van der Waals surface area contributed by atoms with Crippen LogP contribution in [0.25, 0.3) is 0 Å². The first kappa shape index (κ1) is 18.4. The van der Waals surface area contributed by atoms with Crippen LogP contribution in [0.3, 0.4) is 0 Å². The van der Waals surface area contributed by atoms with Gasteiger partial charge in [-0.3, -0.25) is 0 Å². The number of nitrogens with one attached hydrogen (secondary N) is 1. The highest BCUT2D eigenvalue weighted by molar-refractivity contribution is 5.83. The molecule has 0 aromatic heterocycles. The zero-order chi connectivity index (χ0) is 15.5. The van der Waals surface area contributed by atoms with E-state index in [0.717, 1.165) is 30.4 Å². The second kappa shape index (κ2) is 10.2. The Hall–Kier alpha value is -1.61. The minimum atomic E-state index is -0.477. The summed E-state index contributed by atoms with van der Waals surface area (Å²) in [5, 5.41) is 17.2. The van der Waals surface area contributed by atoms with Crippen LogP contribution in [-0.4, -0.2) is 24.0 Å². The lowest BCUT2D eigenvalue weighted by molar-refractivity contribution is 0.0672. The molecule has 0 fully saturated rings. The SMILES string of the molecule is C=C(C)/C=C(OCC(O)CCCC)\C(=C/C)C(=C)C=N. The third kappa shape index (κ3) is 7.10. The fourth-order valence-corrected chi connectivity index (χ4v) is 1.69. The molecule has 0 saturated heterocycles. The van der Waals surface area contributed by atoms with Gasteiger partial charge >= 0.3 is 0 Å². The predicted molar refractivity (Wildman–Crippen MR) is 86.1 cm³/mol. The van der Waals surface area contributed by atoms with Crippen molar-refractivity contribution in [3.63, 3.8) is 0 Å². The molecule has 0 heterocycles. The molecule has 3 heteroatoms. The van der Waals surface area contributed by atoms with Crippen molar-refractivity contribution in [3.8, 4) is 0 Å². The molecule has 0 aliphatic heterocycles. The summed E-state index contributed by atoms with van der Waals surface area (Å²) in [5.74, 6) is 0.601. The summed E-state index contributed by atoms with van der Waals surface area (Å²) in [6.07, 6.45) is 7.13. The number of aliphatic hydroxyl groups is 1. The van der Waals surface area contributed by atoms with E-state index < -0.39 is 6.10 Å². The number of allylic oxidation sites excluding steroid dienone is 4. The minimum absolute atomic E-state index is 0.238. The lowest BCUT2D eigenvalue weighted by Gasteiger charge is -2.17. The molecule has 112 valence electrons. The third-order valence-corrected chi connectivity index (χ3v) is 2.77. The van der Waals surface area contributed by atoms with Gasteiger partial charge in [0.05, 0.1) is 6.10 Å². The molecule has 0 aromatic rings. The normalized spacial score (nSPS) is 13.8. The van der Waals surface area contributed by atoms with Gasteiger partial charge in [0.25, 0.3) is 0 Å². The van der Waals surface area contributed by atoms with E-state index in [-0.39, 0.29) is 6.61 Å². The highest BCUT2D eigenvalue weighted by Gasteiger charge is 2.11. The van der Waals surface area contributed by atoms with Crippen molar-refractivity contribution in [1.29, 1.82) is 5.41 Å². The topological polar surface area (TPSA) is 53.3 Å². The van der Waals surface area contributed by atoms with Crippen molar-refractivity contribution in [2.75, 3.05) is 6.61 Å². The van der Waals surface area contributed by atoms with E-state index in [0.29, 0.717) is 11.3 Å². The number of rotatable bonds is 10. The van der Waals surface area contributed by atoms with Crippen molar-refractivity contribution in [2.45, 2.75) is 46.1 Å². The van der Waals surface area contributed by atoms with Crippen molar-refractivity contribution in [3.05, 3.63) is 47.8 Å². The van der Waals surface area contributed by atoms with E-state index >= 15 is 0 Å². The fourth-order valence-electron chi connectivity index (χ4n) is 1.69. The number of hydrogen-bond donors (Lipinski definition) is 2. The summed E-state index contributed by atoms with van der Waals surface area (Å²) in [7, 11) is 0. The first-order valence-electron chi connectivity index (χ1n) is 7.00. The van der Waals surface area contributed by atoms with Crippen LogP contribution in [-0.2, 0) is 4.74 Å². The molecule has 0 bridgehead atoms. The fraction of sp³-hybridized carbons (Fsp3) is 0.471. The summed E-state index contributed by atoms with van der Waals surface area (Å²) in [6, 6.07) is 0. The first-order chi connectivity index (χ1) is 9.46. The Morgan fingerprint density at radius 3 is 2.50 bits per heavy atom. The van der Waals surface area contributed by atoms with Crippen molar-refractivity contribution in [2.24, 2.45) is 0 Å². The standard InChI is InChI=1S/C17H27NO2/c1-6-8-9-15(19)12-20-17(10-13(3)4)16(7-2)14(5)11-18/h7,10-11,15,18-19H,3,5-6,8-9,12H2,1-2,4H3/b16-7-,17-10+,18-11?. The zero-order valence-electron chi connectivity index (χ0n) is 12.9. The van der Waals surface area contributed by atoms with E-state index in [1.54, 1.807) is 6.08 Å². The molecule has 2 N–H and O–H groups in total. The highest BCUT2D eigenvalue weighted by Crippen LogP contribution is 2.20. The molecule has 1 unspecified atom stereocenters. The Morgan fingerprint density at radius 1 is 1.40 bits per heavy atom. The quantitative estimate of drug-likeness (QED) is 0.358. The van der Waals surface area contributed by atoms with Crippen molar-refractivity contribution in [1.82, 2.24) is 0 Å². The van der Waals surface area contributed by atoms with Crippen LogP contribution in [0.15, 0.2) is 47.8 Å². The Kier molecular flexibility index (Phi) is 9.39. The summed E-state index contributed by atoms with van der Waals surface area (Å²) in [6.45, 7) is 13.7. The largest absolute Gasteiger partial charge is 0.490 e. The number of hydrogen-bond acceptors (Lipinski definition) is 3. The summed E-state index contributed by atoms with van der Waals surface area (Å²) in [5.41, 5.74) is 2.17. The molecular formula is C17H27NO2. The Morgan fingerprint density at radius 2 is 2.05 bits per heavy atom. The third-order valence-electron chi connectivity index (χ3n) is 2.77. The molecule has 1 atom stereocenters. The van der Waals surface area contributed by atoms with Gasteiger partial charge in [-0.25, -0.2) is 0 Å². The molecule has 0 aliphatic rings. The van der Waals surface area contributed by atoms with Gasteiger partial charge in [0, 0.05) is 11.8 Å². The van der Waals surface area contributed by atoms with Crippen LogP contribution in [0.4, 0.5) is 0 Å². The summed E-state index contributed by atoms with van der Waals surface area (Å²) in [4.78, 5) is 0. The van der Waals surface area contributed by atoms with Crippen LogP contribution in [0.5, 0.6) is 0 Å². The van der Waals surface area contributed by atoms with Crippen LogP contribution in [0, 0.1) is 5.41 Å². The van der Waals surface area contributed by atoms with E-state index in [1.807, 2.05) is 19.9 Å². The molecule has 0 amide bonds. The van der Waals surface area contributed by atoms with Crippen LogP contribution < -0.4 is 0 Å². The molecule has 20 heavy (non-hydrogen) atoms. The van der Waals surface area contributed by atoms with E-state index in [1.165, 1.54) is 6.21 Å². The Balaban J connectivity index is 4.87. The molecule has 3 nitrogen and oxygen atoms in total. The average Bonchev–Trinajstić information content (AvgIpc) is 2.42. The molecule has 0 saturated carbocycles. The smallest absolute Gasteiger partial charge is 0.127 e. The van der Waals surface area contributed by atoms with E-state index in [2.05, 4.69) is 20.1 Å². The summed E-state index contributed by atoms with van der Waals surface area (Å²) < 4.78 is 5.71. The Bertz CT molecular complexity index is 405. The van der Waals surface area contributed by atoms with E-state index in [9.17, 15) is 5.11 Å². The predicted octanol–water partition coefficient (Wildman–Crippen LogP) is 4.17. The highest BCUT2D eigenvalue weighted by atomic mass is 16.5. The summed E-state index contributed by atoms with van der Waals surface area (Å²) >= 11 is 0. The van der Waals surface area contributed by atoms with Gasteiger partial charge in [-0.1, -0.05) is 44.6 Å². The maximum Gasteiger partial charge on any atom is 0.127 e. The molecule has 0 aliphatic carbocycles. The lowest BCUT2D eigenvalue weighted by atomic mass is 10.0. The number of aliphatic hydroxyl groups excluding tert-OH is 1. The number of ether oxygens (including phenoxy) is 1. The van der Waals surface area contributed by atoms with Gasteiger partial charge in [-0.2, -0.15) is 0 Å². The molecule has 0 radical (unpaired) electrons. The zero-order valence-corrected chi connectivity index (χ0v) is 12.9. The maximum absolute atomic E-state index is 9.85. The molecule has 0 rings (SSSR count). The second-order valence-electron chi connectivity index (χ2n) is 4.83. The van der Waals surface area contributed by atoms with Crippen molar-refractivity contribution < 1.29 is 9.84 Å². The monoisotopic (exact) mass is 277 g/mol. The number of unbranched alkanes of at least 4 members (excludes halogenated alkanes) is 1. The van der Waals surface area contributed by atoms with Crippen LogP contribution in [0.2, 0.25) is 0 Å². The van der Waals surface area contributed by atoms with E-state index in [4.69, 9.17) is 10.1 Å². The van der Waals surface area contributed by atoms with Crippen LogP contribution >= 0.6 is 0 Å². The first-order valence-corrected chi connectivity index (χ1v) is 7.00. The lowest BCUT2D eigenvalue weighted by Crippen LogP contribution is -2.16. The van der Waals surface area contributed by atoms with Gasteiger partial charge in [-0.05, 0) is 31.9 Å². The Labute approximate surface area is 122 Å². The van der Waals surface area contributed by atoms with Crippen molar-refractivity contribution >= 4 is 6.21 Å². The molecular weight excluding hydrogens is 250 g/mol. The molecule has 0 aromatic carbocycles. The van der Waals surface area contributed by atoms with Gasteiger partial charge in [0.15, 0.2) is 0 Å². The average molecular weight is 277 g/mol. The van der Waals surface area contributed by atoms with Crippen LogP contribution in [0.1, 0.15) is 40.0 Å². The molecule has 0 spiro atoms. The maximum atomic E-state index is 9.85. The van der Waals surface area contributed by atoms with Gasteiger partial charge in [0.2, 0.25) is 0 Å². The van der Waals surface area contributed by atoms with Gasteiger partial charge in [0.1, 0.15) is 12.4 Å².